The Kier molecular flexibility index (Phi) is 2.78. The fraction of sp³-hybridized carbons (Fsp3) is 0.333. The molecule has 0 saturated carbocycles. The lowest BCUT2D eigenvalue weighted by Gasteiger charge is -2.08. The highest BCUT2D eigenvalue weighted by molar-refractivity contribution is 5.25. The molecule has 3 heteroatoms. The molecule has 0 aromatic heterocycles. The lowest BCUT2D eigenvalue weighted by molar-refractivity contribution is 0.0926. The molecule has 0 aliphatic rings. The summed E-state index contributed by atoms with van der Waals surface area (Å²) in [6.45, 7) is 1.34. The summed E-state index contributed by atoms with van der Waals surface area (Å²) in [4.78, 5) is 0. The zero-order chi connectivity index (χ0) is 9.14. The van der Waals surface area contributed by atoms with Crippen LogP contribution in [0.4, 0.5) is 4.39 Å². The minimum Gasteiger partial charge on any atom is -0.393 e. The second kappa shape index (κ2) is 3.65. The molecule has 0 aliphatic heterocycles. The van der Waals surface area contributed by atoms with Gasteiger partial charge in [0.2, 0.25) is 0 Å². The van der Waals surface area contributed by atoms with Crippen molar-refractivity contribution in [2.24, 2.45) is 0 Å². The summed E-state index contributed by atoms with van der Waals surface area (Å²) in [7, 11) is 0. The Labute approximate surface area is 70.3 Å². The predicted octanol–water partition coefficient (Wildman–Crippen LogP) is 1.16. The van der Waals surface area contributed by atoms with E-state index in [4.69, 9.17) is 10.2 Å². The quantitative estimate of drug-likeness (QED) is 0.699. The smallest absolute Gasteiger partial charge is 0.129 e. The second-order valence-electron chi connectivity index (χ2n) is 2.72. The molecule has 2 nitrogen and oxygen atoms in total. The van der Waals surface area contributed by atoms with Gasteiger partial charge in [-0.2, -0.15) is 0 Å². The Morgan fingerprint density at radius 2 is 2.17 bits per heavy atom. The van der Waals surface area contributed by atoms with Gasteiger partial charge in [-0.05, 0) is 13.0 Å². The molecule has 0 radical (unpaired) electrons. The van der Waals surface area contributed by atoms with Crippen molar-refractivity contribution in [2.75, 3.05) is 6.61 Å². The first-order valence-electron chi connectivity index (χ1n) is 3.70. The number of rotatable bonds is 2. The van der Waals surface area contributed by atoms with Gasteiger partial charge in [0.1, 0.15) is 11.9 Å². The first kappa shape index (κ1) is 9.16. The van der Waals surface area contributed by atoms with Gasteiger partial charge in [-0.1, -0.05) is 17.7 Å². The molecule has 0 heterocycles. The average molecular weight is 170 g/mol. The summed E-state index contributed by atoms with van der Waals surface area (Å²) < 4.78 is 12.9. The van der Waals surface area contributed by atoms with Crippen LogP contribution >= 0.6 is 0 Å². The standard InChI is InChI=1S/C9H11FO2/c1-6-2-3-8(10)7(4-6)9(12)5-11/h2-4,9,11-12H,5H2,1H3. The topological polar surface area (TPSA) is 40.5 Å². The van der Waals surface area contributed by atoms with Crippen LogP contribution in [0.15, 0.2) is 18.2 Å². The molecule has 0 fully saturated rings. The van der Waals surface area contributed by atoms with E-state index in [2.05, 4.69) is 0 Å². The number of aryl methyl sites for hydroxylation is 1. The van der Waals surface area contributed by atoms with Crippen molar-refractivity contribution < 1.29 is 14.6 Å². The Morgan fingerprint density at radius 1 is 1.50 bits per heavy atom. The van der Waals surface area contributed by atoms with Crippen molar-refractivity contribution >= 4 is 0 Å². The molecule has 0 saturated heterocycles. The molecular formula is C9H11FO2. The zero-order valence-electron chi connectivity index (χ0n) is 6.79. The SMILES string of the molecule is Cc1ccc(F)c(C(O)CO)c1. The van der Waals surface area contributed by atoms with E-state index in [1.54, 1.807) is 13.0 Å². The normalized spacial score (nSPS) is 13.0. The molecule has 2 N–H and O–H groups in total. The van der Waals surface area contributed by atoms with E-state index in [9.17, 15) is 4.39 Å². The monoisotopic (exact) mass is 170 g/mol. The third kappa shape index (κ3) is 1.81. The lowest BCUT2D eigenvalue weighted by Crippen LogP contribution is -2.05. The van der Waals surface area contributed by atoms with Gasteiger partial charge in [0.25, 0.3) is 0 Å². The van der Waals surface area contributed by atoms with E-state index in [1.165, 1.54) is 12.1 Å². The summed E-state index contributed by atoms with van der Waals surface area (Å²) in [6.07, 6.45) is -1.12. The van der Waals surface area contributed by atoms with E-state index in [-0.39, 0.29) is 5.56 Å². The number of aliphatic hydroxyl groups is 2. The lowest BCUT2D eigenvalue weighted by atomic mass is 10.1. The highest BCUT2D eigenvalue weighted by Crippen LogP contribution is 2.17. The number of halogens is 1. The van der Waals surface area contributed by atoms with Crippen LogP contribution in [-0.2, 0) is 0 Å². The van der Waals surface area contributed by atoms with Gasteiger partial charge in [-0.15, -0.1) is 0 Å². The maximum Gasteiger partial charge on any atom is 0.129 e. The Bertz CT molecular complexity index is 273. The van der Waals surface area contributed by atoms with Gasteiger partial charge in [-0.25, -0.2) is 4.39 Å². The molecule has 1 aromatic rings. The van der Waals surface area contributed by atoms with E-state index in [0.717, 1.165) is 5.56 Å². The van der Waals surface area contributed by atoms with Crippen LogP contribution < -0.4 is 0 Å². The molecule has 0 bridgehead atoms. The largest absolute Gasteiger partial charge is 0.393 e. The fourth-order valence-electron chi connectivity index (χ4n) is 1.02. The predicted molar refractivity (Wildman–Crippen MR) is 43.2 cm³/mol. The van der Waals surface area contributed by atoms with Crippen LogP contribution in [0.3, 0.4) is 0 Å². The van der Waals surface area contributed by atoms with Crippen LogP contribution in [0.5, 0.6) is 0 Å². The van der Waals surface area contributed by atoms with Gasteiger partial charge in [0, 0.05) is 5.56 Å². The number of aliphatic hydroxyl groups excluding tert-OH is 2. The molecule has 12 heavy (non-hydrogen) atoms. The molecular weight excluding hydrogens is 159 g/mol. The third-order valence-corrected chi connectivity index (χ3v) is 1.68. The molecule has 0 amide bonds. The van der Waals surface area contributed by atoms with Crippen molar-refractivity contribution in [3.63, 3.8) is 0 Å². The van der Waals surface area contributed by atoms with Crippen molar-refractivity contribution in [3.8, 4) is 0 Å². The minimum absolute atomic E-state index is 0.150. The number of benzene rings is 1. The number of hydrogen-bond acceptors (Lipinski definition) is 2. The fourth-order valence-corrected chi connectivity index (χ4v) is 1.02. The van der Waals surface area contributed by atoms with Crippen LogP contribution in [0, 0.1) is 12.7 Å². The maximum absolute atomic E-state index is 12.9. The minimum atomic E-state index is -1.12. The summed E-state index contributed by atoms with van der Waals surface area (Å²) in [5.41, 5.74) is 1.01. The Balaban J connectivity index is 3.04. The van der Waals surface area contributed by atoms with Crippen molar-refractivity contribution in [1.82, 2.24) is 0 Å². The van der Waals surface area contributed by atoms with Crippen LogP contribution in [-0.4, -0.2) is 16.8 Å². The molecule has 1 rings (SSSR count). The molecule has 1 aromatic carbocycles. The van der Waals surface area contributed by atoms with Gasteiger partial charge in [0.15, 0.2) is 0 Å². The summed E-state index contributed by atoms with van der Waals surface area (Å²) in [5.74, 6) is -0.484. The van der Waals surface area contributed by atoms with Crippen LogP contribution in [0.1, 0.15) is 17.2 Å². The molecule has 0 aliphatic carbocycles. The van der Waals surface area contributed by atoms with Crippen LogP contribution in [0.25, 0.3) is 0 Å². The Hall–Kier alpha value is -0.930. The summed E-state index contributed by atoms with van der Waals surface area (Å²) >= 11 is 0. The van der Waals surface area contributed by atoms with Gasteiger partial charge >= 0.3 is 0 Å². The van der Waals surface area contributed by atoms with E-state index < -0.39 is 18.5 Å². The van der Waals surface area contributed by atoms with E-state index in [0.29, 0.717) is 0 Å². The average Bonchev–Trinajstić information content (AvgIpc) is 2.08. The third-order valence-electron chi connectivity index (χ3n) is 1.68. The summed E-state index contributed by atoms with van der Waals surface area (Å²) in [5, 5.41) is 17.7. The van der Waals surface area contributed by atoms with Crippen molar-refractivity contribution in [2.45, 2.75) is 13.0 Å². The molecule has 0 spiro atoms. The molecule has 1 unspecified atom stereocenters. The zero-order valence-corrected chi connectivity index (χ0v) is 6.79. The van der Waals surface area contributed by atoms with E-state index in [1.807, 2.05) is 0 Å². The van der Waals surface area contributed by atoms with Crippen LogP contribution in [0.2, 0.25) is 0 Å². The first-order chi connectivity index (χ1) is 5.65. The van der Waals surface area contributed by atoms with Gasteiger partial charge in [-0.3, -0.25) is 0 Å². The molecule has 66 valence electrons. The van der Waals surface area contributed by atoms with Gasteiger partial charge < -0.3 is 10.2 Å². The highest BCUT2D eigenvalue weighted by atomic mass is 19.1. The Morgan fingerprint density at radius 3 is 2.75 bits per heavy atom. The summed E-state index contributed by atoms with van der Waals surface area (Å²) in [6, 6.07) is 4.42. The number of hydrogen-bond donors (Lipinski definition) is 2. The van der Waals surface area contributed by atoms with Crippen molar-refractivity contribution in [1.29, 1.82) is 0 Å². The first-order valence-corrected chi connectivity index (χ1v) is 3.70. The van der Waals surface area contributed by atoms with Gasteiger partial charge in [0.05, 0.1) is 6.61 Å². The molecule has 1 atom stereocenters. The second-order valence-corrected chi connectivity index (χ2v) is 2.72. The maximum atomic E-state index is 12.9. The van der Waals surface area contributed by atoms with Crippen molar-refractivity contribution in [3.05, 3.63) is 35.1 Å². The highest BCUT2D eigenvalue weighted by Gasteiger charge is 2.10. The van der Waals surface area contributed by atoms with E-state index >= 15 is 0 Å².